The van der Waals surface area contributed by atoms with Crippen molar-refractivity contribution in [2.75, 3.05) is 5.73 Å². The largest absolute Gasteiger partial charge is 0.399 e. The second-order valence-electron chi connectivity index (χ2n) is 4.05. The highest BCUT2D eigenvalue weighted by Gasteiger charge is 2.04. The van der Waals surface area contributed by atoms with E-state index < -0.39 is 0 Å². The topological polar surface area (TPSA) is 67.1 Å². The van der Waals surface area contributed by atoms with Gasteiger partial charge >= 0.3 is 0 Å². The molecule has 0 fully saturated rings. The van der Waals surface area contributed by atoms with E-state index in [-0.39, 0.29) is 5.91 Å². The van der Waals surface area contributed by atoms with Crippen LogP contribution in [0, 0.1) is 0 Å². The van der Waals surface area contributed by atoms with E-state index in [1.54, 1.807) is 24.3 Å². The lowest BCUT2D eigenvalue weighted by atomic mass is 10.1. The summed E-state index contributed by atoms with van der Waals surface area (Å²) in [5.74, 6) is -0.211. The maximum absolute atomic E-state index is 11.8. The van der Waals surface area contributed by atoms with E-state index in [1.807, 2.05) is 30.3 Å². The number of carbonyl (C=O) groups is 1. The molecule has 0 saturated carbocycles. The van der Waals surface area contributed by atoms with Crippen LogP contribution in [0.25, 0.3) is 5.70 Å². The van der Waals surface area contributed by atoms with Crippen molar-refractivity contribution in [1.82, 2.24) is 10.9 Å². The van der Waals surface area contributed by atoms with Crippen LogP contribution in [-0.4, -0.2) is 5.91 Å². The van der Waals surface area contributed by atoms with Gasteiger partial charge in [-0.1, -0.05) is 36.9 Å². The highest BCUT2D eigenvalue weighted by atomic mass is 16.2. The molecule has 4 N–H and O–H groups in total. The summed E-state index contributed by atoms with van der Waals surface area (Å²) in [6, 6.07) is 16.2. The maximum atomic E-state index is 11.8. The molecule has 4 heteroatoms. The molecule has 2 aromatic rings. The molecule has 0 spiro atoms. The molecule has 0 aliphatic carbocycles. The van der Waals surface area contributed by atoms with Gasteiger partial charge in [0.25, 0.3) is 5.91 Å². The molecule has 0 saturated heterocycles. The third-order valence-electron chi connectivity index (χ3n) is 2.62. The van der Waals surface area contributed by atoms with E-state index >= 15 is 0 Å². The van der Waals surface area contributed by atoms with Crippen LogP contribution in [-0.2, 0) is 0 Å². The monoisotopic (exact) mass is 253 g/mol. The summed E-state index contributed by atoms with van der Waals surface area (Å²) in [6.07, 6.45) is 0. The summed E-state index contributed by atoms with van der Waals surface area (Å²) in [6.45, 7) is 3.85. The van der Waals surface area contributed by atoms with Crippen LogP contribution in [0.15, 0.2) is 61.2 Å². The normalized spacial score (nSPS) is 9.68. The third kappa shape index (κ3) is 3.35. The Kier molecular flexibility index (Phi) is 3.83. The first-order valence-electron chi connectivity index (χ1n) is 5.83. The Morgan fingerprint density at radius 2 is 1.53 bits per heavy atom. The number of anilines is 1. The van der Waals surface area contributed by atoms with Gasteiger partial charge in [0.05, 0.1) is 5.70 Å². The van der Waals surface area contributed by atoms with Crippen LogP contribution in [0.2, 0.25) is 0 Å². The van der Waals surface area contributed by atoms with Crippen LogP contribution >= 0.6 is 0 Å². The molecule has 0 aliphatic rings. The smallest absolute Gasteiger partial charge is 0.269 e. The highest BCUT2D eigenvalue weighted by molar-refractivity contribution is 5.94. The zero-order chi connectivity index (χ0) is 13.7. The van der Waals surface area contributed by atoms with E-state index in [1.165, 1.54) is 0 Å². The molecule has 0 radical (unpaired) electrons. The number of hydrazine groups is 1. The van der Waals surface area contributed by atoms with Crippen LogP contribution in [0.1, 0.15) is 15.9 Å². The minimum Gasteiger partial charge on any atom is -0.399 e. The molecule has 0 atom stereocenters. The van der Waals surface area contributed by atoms with E-state index in [4.69, 9.17) is 5.73 Å². The van der Waals surface area contributed by atoms with Crippen LogP contribution in [0.3, 0.4) is 0 Å². The van der Waals surface area contributed by atoms with Crippen molar-refractivity contribution in [3.63, 3.8) is 0 Å². The lowest BCUT2D eigenvalue weighted by molar-refractivity contribution is 0.0942. The summed E-state index contributed by atoms with van der Waals surface area (Å²) in [5.41, 5.74) is 13.7. The summed E-state index contributed by atoms with van der Waals surface area (Å²) in [4.78, 5) is 11.8. The molecular formula is C15H15N3O. The number of nitrogen functional groups attached to an aromatic ring is 1. The molecule has 19 heavy (non-hydrogen) atoms. The Morgan fingerprint density at radius 3 is 2.16 bits per heavy atom. The molecule has 0 bridgehead atoms. The first kappa shape index (κ1) is 12.7. The van der Waals surface area contributed by atoms with Gasteiger partial charge in [-0.25, -0.2) is 0 Å². The van der Waals surface area contributed by atoms with Crippen LogP contribution in [0.5, 0.6) is 0 Å². The second-order valence-corrected chi connectivity index (χ2v) is 4.05. The molecule has 0 aliphatic heterocycles. The number of amides is 1. The number of benzene rings is 2. The van der Waals surface area contributed by atoms with Gasteiger partial charge in [0, 0.05) is 11.3 Å². The van der Waals surface area contributed by atoms with Crippen molar-refractivity contribution in [2.45, 2.75) is 0 Å². The number of carbonyl (C=O) groups excluding carboxylic acids is 1. The van der Waals surface area contributed by atoms with Crippen molar-refractivity contribution in [3.8, 4) is 0 Å². The Morgan fingerprint density at radius 1 is 0.895 bits per heavy atom. The standard InChI is InChI=1S/C15H15N3O/c1-11(12-7-9-14(16)10-8-12)17-18-15(19)13-5-3-2-4-6-13/h2-10,17H,1,16H2,(H,18,19). The highest BCUT2D eigenvalue weighted by Crippen LogP contribution is 2.11. The van der Waals surface area contributed by atoms with Gasteiger partial charge in [-0.2, -0.15) is 0 Å². The zero-order valence-electron chi connectivity index (χ0n) is 10.4. The van der Waals surface area contributed by atoms with Crippen molar-refractivity contribution < 1.29 is 4.79 Å². The maximum Gasteiger partial charge on any atom is 0.269 e. The van der Waals surface area contributed by atoms with Crippen molar-refractivity contribution in [2.24, 2.45) is 0 Å². The quantitative estimate of drug-likeness (QED) is 0.578. The van der Waals surface area contributed by atoms with Gasteiger partial charge in [-0.15, -0.1) is 0 Å². The summed E-state index contributed by atoms with van der Waals surface area (Å²) >= 11 is 0. The Balaban J connectivity index is 1.94. The van der Waals surface area contributed by atoms with E-state index in [0.29, 0.717) is 16.9 Å². The van der Waals surface area contributed by atoms with E-state index in [2.05, 4.69) is 17.4 Å². The zero-order valence-corrected chi connectivity index (χ0v) is 10.4. The fourth-order valence-electron chi connectivity index (χ4n) is 1.55. The van der Waals surface area contributed by atoms with Crippen molar-refractivity contribution >= 4 is 17.3 Å². The van der Waals surface area contributed by atoms with Gasteiger partial charge in [-0.3, -0.25) is 15.6 Å². The fraction of sp³-hybridized carbons (Fsp3) is 0. The first-order chi connectivity index (χ1) is 9.16. The van der Waals surface area contributed by atoms with Gasteiger partial charge in [0.15, 0.2) is 0 Å². The molecule has 1 amide bonds. The molecule has 0 heterocycles. The van der Waals surface area contributed by atoms with E-state index in [0.717, 1.165) is 5.56 Å². The molecule has 2 rings (SSSR count). The van der Waals surface area contributed by atoms with Gasteiger partial charge in [0.1, 0.15) is 0 Å². The SMILES string of the molecule is C=C(NNC(=O)c1ccccc1)c1ccc(N)cc1. The average molecular weight is 253 g/mol. The van der Waals surface area contributed by atoms with Crippen LogP contribution < -0.4 is 16.6 Å². The molecular weight excluding hydrogens is 238 g/mol. The molecule has 0 aromatic heterocycles. The molecule has 0 unspecified atom stereocenters. The minimum atomic E-state index is -0.211. The Bertz CT molecular complexity index is 576. The Hall–Kier alpha value is -2.75. The number of nitrogens with one attached hydrogen (secondary N) is 2. The van der Waals surface area contributed by atoms with Gasteiger partial charge < -0.3 is 5.73 Å². The number of hydrogen-bond donors (Lipinski definition) is 3. The van der Waals surface area contributed by atoms with E-state index in [9.17, 15) is 4.79 Å². The van der Waals surface area contributed by atoms with Gasteiger partial charge in [0.2, 0.25) is 0 Å². The lowest BCUT2D eigenvalue weighted by Gasteiger charge is -2.11. The molecule has 2 aromatic carbocycles. The number of rotatable bonds is 4. The molecule has 4 nitrogen and oxygen atoms in total. The lowest BCUT2D eigenvalue weighted by Crippen LogP contribution is -2.35. The third-order valence-corrected chi connectivity index (χ3v) is 2.62. The van der Waals surface area contributed by atoms with Crippen molar-refractivity contribution in [1.29, 1.82) is 0 Å². The summed E-state index contributed by atoms with van der Waals surface area (Å²) < 4.78 is 0. The molecule has 96 valence electrons. The fourth-order valence-corrected chi connectivity index (χ4v) is 1.55. The van der Waals surface area contributed by atoms with Crippen LogP contribution in [0.4, 0.5) is 5.69 Å². The second kappa shape index (κ2) is 5.73. The summed E-state index contributed by atoms with van der Waals surface area (Å²) in [5, 5.41) is 0. The summed E-state index contributed by atoms with van der Waals surface area (Å²) in [7, 11) is 0. The Labute approximate surface area is 111 Å². The van der Waals surface area contributed by atoms with Gasteiger partial charge in [-0.05, 0) is 29.8 Å². The number of nitrogens with two attached hydrogens (primary N) is 1. The number of hydrogen-bond acceptors (Lipinski definition) is 3. The average Bonchev–Trinajstić information content (AvgIpc) is 2.46. The predicted octanol–water partition coefficient (Wildman–Crippen LogP) is 2.17. The minimum absolute atomic E-state index is 0.211. The first-order valence-corrected chi connectivity index (χ1v) is 5.83. The predicted molar refractivity (Wildman–Crippen MR) is 76.9 cm³/mol. The van der Waals surface area contributed by atoms with Crippen molar-refractivity contribution in [3.05, 3.63) is 72.3 Å².